The number of benzene rings is 2. The summed E-state index contributed by atoms with van der Waals surface area (Å²) in [5.41, 5.74) is 0.494. The molecule has 0 unspecified atom stereocenters. The largest absolute Gasteiger partial charge is 0.484 e. The summed E-state index contributed by atoms with van der Waals surface area (Å²) in [7, 11) is -3.33. The molecule has 140 valence electrons. The van der Waals surface area contributed by atoms with Crippen molar-refractivity contribution in [2.45, 2.75) is 4.90 Å². The lowest BCUT2D eigenvalue weighted by Gasteiger charge is -2.05. The zero-order valence-electron chi connectivity index (χ0n) is 13.9. The number of carbonyl (C=O) groups excluding carboxylic acids is 1. The third-order valence-corrected chi connectivity index (χ3v) is 5.50. The number of fused-ring (bicyclic) bond motifs is 1. The number of anilines is 1. The highest BCUT2D eigenvalue weighted by Gasteiger charge is 2.13. The Morgan fingerprint density at radius 2 is 1.96 bits per heavy atom. The predicted octanol–water partition coefficient (Wildman–Crippen LogP) is 2.63. The number of hydrogen-bond acceptors (Lipinski definition) is 8. The maximum Gasteiger partial charge on any atom is 0.269 e. The third-order valence-electron chi connectivity index (χ3n) is 3.45. The molecule has 3 aromatic rings. The molecule has 9 nitrogen and oxygen atoms in total. The van der Waals surface area contributed by atoms with Gasteiger partial charge in [0.05, 0.1) is 20.0 Å². The van der Waals surface area contributed by atoms with Crippen LogP contribution in [0, 0.1) is 10.1 Å². The van der Waals surface area contributed by atoms with Crippen molar-refractivity contribution >= 4 is 48.1 Å². The summed E-state index contributed by atoms with van der Waals surface area (Å²) in [5, 5.41) is 13.5. The second-order valence-electron chi connectivity index (χ2n) is 5.51. The van der Waals surface area contributed by atoms with E-state index in [4.69, 9.17) is 4.74 Å². The smallest absolute Gasteiger partial charge is 0.269 e. The van der Waals surface area contributed by atoms with Gasteiger partial charge in [-0.05, 0) is 30.3 Å². The average molecular weight is 407 g/mol. The molecule has 0 radical (unpaired) electrons. The van der Waals surface area contributed by atoms with E-state index in [1.165, 1.54) is 36.4 Å². The molecule has 0 aliphatic carbocycles. The summed E-state index contributed by atoms with van der Waals surface area (Å²) in [6.45, 7) is -0.303. The minimum atomic E-state index is -3.33. The summed E-state index contributed by atoms with van der Waals surface area (Å²) in [5.74, 6) is -0.145. The van der Waals surface area contributed by atoms with Crippen molar-refractivity contribution in [3.05, 3.63) is 52.6 Å². The Hall–Kier alpha value is -3.05. The molecule has 0 bridgehead atoms. The predicted molar refractivity (Wildman–Crippen MR) is 100.0 cm³/mol. The number of hydrogen-bond donors (Lipinski definition) is 1. The normalized spacial score (nSPS) is 11.3. The van der Waals surface area contributed by atoms with Crippen LogP contribution in [0.2, 0.25) is 0 Å². The van der Waals surface area contributed by atoms with Crippen LogP contribution in [0.15, 0.2) is 47.4 Å². The van der Waals surface area contributed by atoms with Gasteiger partial charge in [-0.15, -0.1) is 0 Å². The molecule has 0 aliphatic rings. The van der Waals surface area contributed by atoms with Crippen LogP contribution in [0.1, 0.15) is 0 Å². The number of nitrogens with zero attached hydrogens (tertiary/aromatic N) is 2. The fraction of sp³-hybridized carbons (Fsp3) is 0.125. The van der Waals surface area contributed by atoms with Gasteiger partial charge in [0, 0.05) is 18.4 Å². The highest BCUT2D eigenvalue weighted by molar-refractivity contribution is 7.90. The molecule has 0 aliphatic heterocycles. The number of nitro groups is 1. The van der Waals surface area contributed by atoms with Crippen molar-refractivity contribution < 1.29 is 22.9 Å². The van der Waals surface area contributed by atoms with Crippen LogP contribution in [-0.4, -0.2) is 37.1 Å². The van der Waals surface area contributed by atoms with E-state index in [-0.39, 0.29) is 17.2 Å². The number of thiazole rings is 1. The van der Waals surface area contributed by atoms with Crippen molar-refractivity contribution in [2.24, 2.45) is 0 Å². The number of carbonyl (C=O) groups is 1. The molecule has 27 heavy (non-hydrogen) atoms. The quantitative estimate of drug-likeness (QED) is 0.491. The summed E-state index contributed by atoms with van der Waals surface area (Å²) < 4.78 is 29.1. The third kappa shape index (κ3) is 4.57. The van der Waals surface area contributed by atoms with E-state index in [1.807, 2.05) is 0 Å². The van der Waals surface area contributed by atoms with Crippen molar-refractivity contribution in [1.29, 1.82) is 0 Å². The monoisotopic (exact) mass is 407 g/mol. The van der Waals surface area contributed by atoms with Crippen LogP contribution < -0.4 is 10.1 Å². The number of rotatable bonds is 6. The van der Waals surface area contributed by atoms with E-state index in [0.29, 0.717) is 21.1 Å². The highest BCUT2D eigenvalue weighted by Crippen LogP contribution is 2.28. The van der Waals surface area contributed by atoms with Crippen molar-refractivity contribution in [3.8, 4) is 5.75 Å². The van der Waals surface area contributed by atoms with Crippen LogP contribution in [0.25, 0.3) is 10.2 Å². The second-order valence-corrected chi connectivity index (χ2v) is 8.55. The second kappa shape index (κ2) is 7.29. The SMILES string of the molecule is CS(=O)(=O)c1ccc2nc(NC(=O)COc3ccc([N+](=O)[O-])cc3)sc2c1. The van der Waals surface area contributed by atoms with E-state index in [0.717, 1.165) is 17.6 Å². The number of sulfone groups is 1. The molecule has 1 aromatic heterocycles. The van der Waals surface area contributed by atoms with E-state index >= 15 is 0 Å². The Bertz CT molecular complexity index is 1120. The number of ether oxygens (including phenoxy) is 1. The summed E-state index contributed by atoms with van der Waals surface area (Å²) in [6, 6.07) is 9.89. The van der Waals surface area contributed by atoms with Crippen LogP contribution >= 0.6 is 11.3 Å². The van der Waals surface area contributed by atoms with Crippen LogP contribution in [-0.2, 0) is 14.6 Å². The van der Waals surface area contributed by atoms with Crippen LogP contribution in [0.5, 0.6) is 5.75 Å². The Morgan fingerprint density at radius 1 is 1.26 bits per heavy atom. The lowest BCUT2D eigenvalue weighted by Crippen LogP contribution is -2.19. The number of non-ortho nitro benzene ring substituents is 1. The zero-order valence-corrected chi connectivity index (χ0v) is 15.5. The molecular formula is C16H13N3O6S2. The standard InChI is InChI=1S/C16H13N3O6S2/c1-27(23,24)12-6-7-13-14(8-12)26-16(17-13)18-15(20)9-25-11-4-2-10(3-5-11)19(21)22/h2-8H,9H2,1H3,(H,17,18,20). The van der Waals surface area contributed by atoms with E-state index in [2.05, 4.69) is 10.3 Å². The molecule has 0 atom stereocenters. The van der Waals surface area contributed by atoms with Crippen LogP contribution in [0.3, 0.4) is 0 Å². The fourth-order valence-corrected chi connectivity index (χ4v) is 3.80. The summed E-state index contributed by atoms with van der Waals surface area (Å²) in [6.07, 6.45) is 1.12. The van der Waals surface area contributed by atoms with E-state index in [9.17, 15) is 23.3 Å². The minimum absolute atomic E-state index is 0.0743. The van der Waals surface area contributed by atoms with Gasteiger partial charge in [0.25, 0.3) is 11.6 Å². The Kier molecular flexibility index (Phi) is 5.06. The van der Waals surface area contributed by atoms with Crippen LogP contribution in [0.4, 0.5) is 10.8 Å². The molecule has 1 N–H and O–H groups in total. The minimum Gasteiger partial charge on any atom is -0.484 e. The number of nitrogens with one attached hydrogen (secondary N) is 1. The van der Waals surface area contributed by atoms with Gasteiger partial charge < -0.3 is 4.74 Å². The van der Waals surface area contributed by atoms with Gasteiger partial charge in [-0.1, -0.05) is 11.3 Å². The molecule has 0 fully saturated rings. The molecule has 3 rings (SSSR count). The first kappa shape index (κ1) is 18.7. The molecule has 1 heterocycles. The first-order valence-electron chi connectivity index (χ1n) is 7.50. The summed E-state index contributed by atoms with van der Waals surface area (Å²) >= 11 is 1.14. The number of nitro benzene ring substituents is 1. The first-order valence-corrected chi connectivity index (χ1v) is 10.2. The molecular weight excluding hydrogens is 394 g/mol. The van der Waals surface area contributed by atoms with Gasteiger partial charge in [0.1, 0.15) is 5.75 Å². The van der Waals surface area contributed by atoms with Crippen molar-refractivity contribution in [2.75, 3.05) is 18.2 Å². The molecule has 0 spiro atoms. The molecule has 2 aromatic carbocycles. The number of aromatic nitrogens is 1. The lowest BCUT2D eigenvalue weighted by atomic mass is 10.3. The topological polar surface area (TPSA) is 128 Å². The van der Waals surface area contributed by atoms with Gasteiger partial charge in [-0.25, -0.2) is 13.4 Å². The Balaban J connectivity index is 1.64. The van der Waals surface area contributed by atoms with Gasteiger partial charge in [-0.3, -0.25) is 20.2 Å². The highest BCUT2D eigenvalue weighted by atomic mass is 32.2. The fourth-order valence-electron chi connectivity index (χ4n) is 2.16. The van der Waals surface area contributed by atoms with Crippen molar-refractivity contribution in [1.82, 2.24) is 4.98 Å². The molecule has 0 saturated carbocycles. The van der Waals surface area contributed by atoms with Gasteiger partial charge >= 0.3 is 0 Å². The summed E-state index contributed by atoms with van der Waals surface area (Å²) in [4.78, 5) is 26.5. The van der Waals surface area contributed by atoms with Crippen molar-refractivity contribution in [3.63, 3.8) is 0 Å². The Labute approximate surface area is 157 Å². The van der Waals surface area contributed by atoms with Gasteiger partial charge in [0.15, 0.2) is 21.6 Å². The average Bonchev–Trinajstić information content (AvgIpc) is 3.00. The van der Waals surface area contributed by atoms with Gasteiger partial charge in [0.2, 0.25) is 0 Å². The van der Waals surface area contributed by atoms with Gasteiger partial charge in [-0.2, -0.15) is 0 Å². The molecule has 1 amide bonds. The Morgan fingerprint density at radius 3 is 2.59 bits per heavy atom. The zero-order chi connectivity index (χ0) is 19.6. The number of amides is 1. The molecule has 11 heteroatoms. The first-order chi connectivity index (χ1) is 12.7. The molecule has 0 saturated heterocycles. The maximum absolute atomic E-state index is 12.0. The van der Waals surface area contributed by atoms with E-state index < -0.39 is 20.7 Å². The van der Waals surface area contributed by atoms with E-state index in [1.54, 1.807) is 6.07 Å². The maximum atomic E-state index is 12.0. The lowest BCUT2D eigenvalue weighted by molar-refractivity contribution is -0.384.